The van der Waals surface area contributed by atoms with Crippen molar-refractivity contribution >= 4 is 46.5 Å². The van der Waals surface area contributed by atoms with Crippen LogP contribution in [0.5, 0.6) is 5.75 Å². The normalized spacial score (nSPS) is 12.1. The van der Waals surface area contributed by atoms with Gasteiger partial charge in [0.15, 0.2) is 5.78 Å². The molecule has 0 saturated heterocycles. The van der Waals surface area contributed by atoms with Gasteiger partial charge in [-0.15, -0.1) is 0 Å². The van der Waals surface area contributed by atoms with E-state index in [1.54, 1.807) is 26.8 Å². The third kappa shape index (κ3) is 5.95. The van der Waals surface area contributed by atoms with Crippen molar-refractivity contribution in [2.75, 3.05) is 12.4 Å². The summed E-state index contributed by atoms with van der Waals surface area (Å²) in [6.07, 6.45) is -1.43. The molecule has 2 aromatic rings. The number of esters is 1. The average Bonchev–Trinajstić information content (AvgIpc) is 2.66. The molecule has 0 spiro atoms. The molecule has 0 heterocycles. The molecule has 1 unspecified atom stereocenters. The lowest BCUT2D eigenvalue weighted by atomic mass is 9.87. The van der Waals surface area contributed by atoms with Gasteiger partial charge in [-0.25, -0.2) is 4.79 Å². The first kappa shape index (κ1) is 22.7. The zero-order valence-electron chi connectivity index (χ0n) is 16.4. The van der Waals surface area contributed by atoms with Gasteiger partial charge in [-0.05, 0) is 42.5 Å². The van der Waals surface area contributed by atoms with Gasteiger partial charge in [-0.3, -0.25) is 9.59 Å². The zero-order valence-corrected chi connectivity index (χ0v) is 17.9. The Kier molecular flexibility index (Phi) is 7.27. The number of amides is 1. The Morgan fingerprint density at radius 3 is 2.14 bits per heavy atom. The number of ketones is 1. The number of halogens is 2. The largest absolute Gasteiger partial charge is 0.473 e. The summed E-state index contributed by atoms with van der Waals surface area (Å²) >= 11 is 12.0. The smallest absolute Gasteiger partial charge is 0.337 e. The third-order valence-corrected chi connectivity index (χ3v) is 4.48. The van der Waals surface area contributed by atoms with E-state index in [1.807, 2.05) is 0 Å². The van der Waals surface area contributed by atoms with Crippen molar-refractivity contribution in [2.45, 2.75) is 26.9 Å². The summed E-state index contributed by atoms with van der Waals surface area (Å²) < 4.78 is 10.3. The first-order valence-corrected chi connectivity index (χ1v) is 9.44. The van der Waals surface area contributed by atoms with Gasteiger partial charge in [0.1, 0.15) is 5.75 Å². The van der Waals surface area contributed by atoms with Crippen LogP contribution in [0, 0.1) is 5.41 Å². The number of carbonyl (C=O) groups excluding carboxylic acids is 3. The van der Waals surface area contributed by atoms with Crippen LogP contribution in [0.25, 0.3) is 0 Å². The van der Waals surface area contributed by atoms with Gasteiger partial charge in [0.2, 0.25) is 6.10 Å². The lowest BCUT2D eigenvalue weighted by Gasteiger charge is -2.25. The van der Waals surface area contributed by atoms with Crippen LogP contribution in [0.15, 0.2) is 42.5 Å². The maximum atomic E-state index is 12.8. The summed E-state index contributed by atoms with van der Waals surface area (Å²) in [6.45, 7) is 5.07. The maximum absolute atomic E-state index is 12.8. The molecule has 2 aromatic carbocycles. The summed E-state index contributed by atoms with van der Waals surface area (Å²) in [6, 6.07) is 10.5. The van der Waals surface area contributed by atoms with Gasteiger partial charge in [-0.1, -0.05) is 44.0 Å². The summed E-state index contributed by atoms with van der Waals surface area (Å²) in [5, 5.41) is 3.25. The van der Waals surface area contributed by atoms with Crippen molar-refractivity contribution in [3.8, 4) is 5.75 Å². The molecule has 2 rings (SSSR count). The highest BCUT2D eigenvalue weighted by molar-refractivity contribution is 6.36. The molecule has 1 N–H and O–H groups in total. The van der Waals surface area contributed by atoms with E-state index in [-0.39, 0.29) is 10.8 Å². The molecule has 1 amide bonds. The van der Waals surface area contributed by atoms with E-state index in [9.17, 15) is 14.4 Å². The van der Waals surface area contributed by atoms with Crippen LogP contribution in [0.3, 0.4) is 0 Å². The molecule has 0 bridgehead atoms. The third-order valence-electron chi connectivity index (χ3n) is 3.93. The van der Waals surface area contributed by atoms with Gasteiger partial charge < -0.3 is 14.8 Å². The number of benzene rings is 2. The highest BCUT2D eigenvalue weighted by atomic mass is 35.5. The van der Waals surface area contributed by atoms with Crippen molar-refractivity contribution in [2.24, 2.45) is 5.41 Å². The fraction of sp³-hybridized carbons (Fsp3) is 0.286. The fourth-order valence-electron chi connectivity index (χ4n) is 2.33. The van der Waals surface area contributed by atoms with Crippen LogP contribution in [-0.2, 0) is 14.3 Å². The van der Waals surface area contributed by atoms with E-state index in [4.69, 9.17) is 27.9 Å². The molecular weight excluding hydrogens is 417 g/mol. The second-order valence-corrected chi connectivity index (χ2v) is 8.09. The van der Waals surface area contributed by atoms with Gasteiger partial charge in [0.25, 0.3) is 5.91 Å². The van der Waals surface area contributed by atoms with Gasteiger partial charge in [0, 0.05) is 10.4 Å². The van der Waals surface area contributed by atoms with Crippen LogP contribution in [0.1, 0.15) is 31.1 Å². The minimum absolute atomic E-state index is 0.232. The van der Waals surface area contributed by atoms with Crippen molar-refractivity contribution in [3.05, 3.63) is 58.1 Å². The molecule has 0 fully saturated rings. The number of hydrogen-bond donors (Lipinski definition) is 1. The van der Waals surface area contributed by atoms with Crippen LogP contribution in [0.2, 0.25) is 10.0 Å². The Morgan fingerprint density at radius 1 is 1.00 bits per heavy atom. The lowest BCUT2D eigenvalue weighted by Crippen LogP contribution is -2.45. The molecule has 6 nitrogen and oxygen atoms in total. The minimum Gasteiger partial charge on any atom is -0.473 e. The molecule has 8 heteroatoms. The summed E-state index contributed by atoms with van der Waals surface area (Å²) in [4.78, 5) is 37.2. The highest BCUT2D eigenvalue weighted by Gasteiger charge is 2.37. The van der Waals surface area contributed by atoms with Crippen LogP contribution in [-0.4, -0.2) is 30.9 Å². The number of hydrogen-bond acceptors (Lipinski definition) is 5. The number of rotatable bonds is 6. The van der Waals surface area contributed by atoms with Crippen LogP contribution in [0.4, 0.5) is 5.69 Å². The minimum atomic E-state index is -1.43. The van der Waals surface area contributed by atoms with Crippen molar-refractivity contribution in [1.29, 1.82) is 0 Å². The number of methoxy groups -OCH3 is 1. The summed E-state index contributed by atoms with van der Waals surface area (Å²) in [7, 11) is 1.27. The average molecular weight is 438 g/mol. The zero-order chi connectivity index (χ0) is 21.8. The van der Waals surface area contributed by atoms with E-state index in [0.29, 0.717) is 16.3 Å². The Balaban J connectivity index is 2.28. The van der Waals surface area contributed by atoms with Crippen molar-refractivity contribution < 1.29 is 23.9 Å². The topological polar surface area (TPSA) is 81.7 Å². The second kappa shape index (κ2) is 9.29. The van der Waals surface area contributed by atoms with E-state index >= 15 is 0 Å². The molecule has 1 atom stereocenters. The standard InChI is InChI=1S/C21H21Cl2NO5/c1-21(2,3)18(25)17(19(26)24-16-10-7-13(22)11-15(16)23)29-14-8-5-12(6-9-14)20(27)28-4/h5-11,17H,1-4H3,(H,24,26). The van der Waals surface area contributed by atoms with Crippen LogP contribution < -0.4 is 10.1 Å². The quantitative estimate of drug-likeness (QED) is 0.519. The van der Waals surface area contributed by atoms with E-state index < -0.39 is 29.2 Å². The van der Waals surface area contributed by atoms with Gasteiger partial charge in [-0.2, -0.15) is 0 Å². The molecule has 0 radical (unpaired) electrons. The number of nitrogens with one attached hydrogen (secondary N) is 1. The molecule has 154 valence electrons. The van der Waals surface area contributed by atoms with E-state index in [1.165, 1.54) is 43.5 Å². The fourth-order valence-corrected chi connectivity index (χ4v) is 2.79. The molecule has 0 aliphatic carbocycles. The van der Waals surface area contributed by atoms with Crippen LogP contribution >= 0.6 is 23.2 Å². The molecule has 0 aromatic heterocycles. The second-order valence-electron chi connectivity index (χ2n) is 7.24. The molecular formula is C21H21Cl2NO5. The predicted molar refractivity (Wildman–Crippen MR) is 112 cm³/mol. The van der Waals surface area contributed by atoms with E-state index in [2.05, 4.69) is 10.1 Å². The van der Waals surface area contributed by atoms with Crippen molar-refractivity contribution in [1.82, 2.24) is 0 Å². The Hall–Kier alpha value is -2.57. The first-order valence-electron chi connectivity index (χ1n) is 8.68. The summed E-state index contributed by atoms with van der Waals surface area (Å²) in [5.74, 6) is -1.35. The summed E-state index contributed by atoms with van der Waals surface area (Å²) in [5.41, 5.74) is -0.217. The number of ether oxygens (including phenoxy) is 2. The number of anilines is 1. The lowest BCUT2D eigenvalue weighted by molar-refractivity contribution is -0.140. The van der Waals surface area contributed by atoms with Gasteiger partial charge >= 0.3 is 5.97 Å². The Labute approximate surface area is 179 Å². The first-order chi connectivity index (χ1) is 13.5. The van der Waals surface area contributed by atoms with Crippen molar-refractivity contribution in [3.63, 3.8) is 0 Å². The molecule has 29 heavy (non-hydrogen) atoms. The Bertz CT molecular complexity index is 920. The maximum Gasteiger partial charge on any atom is 0.337 e. The highest BCUT2D eigenvalue weighted by Crippen LogP contribution is 2.27. The SMILES string of the molecule is COC(=O)c1ccc(OC(C(=O)Nc2ccc(Cl)cc2Cl)C(=O)C(C)(C)C)cc1. The Morgan fingerprint density at radius 2 is 1.62 bits per heavy atom. The number of carbonyl (C=O) groups is 3. The number of Topliss-reactive ketones (excluding diaryl/α,β-unsaturated/α-hetero) is 1. The molecule has 0 aliphatic rings. The molecule has 0 aliphatic heterocycles. The monoisotopic (exact) mass is 437 g/mol. The van der Waals surface area contributed by atoms with Gasteiger partial charge in [0.05, 0.1) is 23.4 Å². The van der Waals surface area contributed by atoms with E-state index in [0.717, 1.165) is 0 Å². The molecule has 0 saturated carbocycles. The predicted octanol–water partition coefficient (Wildman–Crippen LogP) is 4.78.